The highest BCUT2D eigenvalue weighted by Gasteiger charge is 2.33. The van der Waals surface area contributed by atoms with E-state index in [0.29, 0.717) is 16.6 Å². The summed E-state index contributed by atoms with van der Waals surface area (Å²) < 4.78 is 39.2. The Bertz CT molecular complexity index is 443. The van der Waals surface area contributed by atoms with E-state index < -0.39 is 11.7 Å². The van der Waals surface area contributed by atoms with Gasteiger partial charge in [0, 0.05) is 24.1 Å². The fourth-order valence-electron chi connectivity index (χ4n) is 2.43. The van der Waals surface area contributed by atoms with E-state index in [1.807, 2.05) is 0 Å². The van der Waals surface area contributed by atoms with Crippen molar-refractivity contribution >= 4 is 15.9 Å². The van der Waals surface area contributed by atoms with Crippen LogP contribution in [0.3, 0.4) is 0 Å². The van der Waals surface area contributed by atoms with E-state index in [2.05, 4.69) is 26.1 Å². The zero-order valence-electron chi connectivity index (χ0n) is 11.1. The molecule has 1 aliphatic rings. The van der Waals surface area contributed by atoms with Crippen molar-refractivity contribution in [3.8, 4) is 0 Å². The first-order valence-corrected chi connectivity index (χ1v) is 7.55. The van der Waals surface area contributed by atoms with Gasteiger partial charge >= 0.3 is 6.18 Å². The molecule has 0 aromatic heterocycles. The number of rotatable bonds is 5. The van der Waals surface area contributed by atoms with Crippen molar-refractivity contribution in [2.24, 2.45) is 0 Å². The van der Waals surface area contributed by atoms with Crippen LogP contribution in [-0.2, 0) is 12.7 Å². The Hall–Kier alpha value is -0.590. The lowest BCUT2D eigenvalue weighted by atomic mass is 10.1. The van der Waals surface area contributed by atoms with Gasteiger partial charge in [0.2, 0.25) is 0 Å². The first kappa shape index (κ1) is 15.8. The molecule has 0 saturated carbocycles. The number of nitrogens with one attached hydrogen (secondary N) is 1. The Morgan fingerprint density at radius 3 is 2.55 bits per heavy atom. The third-order valence-corrected chi connectivity index (χ3v) is 3.99. The van der Waals surface area contributed by atoms with Crippen LogP contribution >= 0.6 is 15.9 Å². The van der Waals surface area contributed by atoms with E-state index in [9.17, 15) is 13.2 Å². The van der Waals surface area contributed by atoms with Crippen LogP contribution in [0.15, 0.2) is 22.7 Å². The van der Waals surface area contributed by atoms with Gasteiger partial charge in [0.25, 0.3) is 0 Å². The third-order valence-electron chi connectivity index (χ3n) is 3.50. The van der Waals surface area contributed by atoms with Crippen LogP contribution < -0.4 is 5.32 Å². The number of benzene rings is 1. The maximum atomic E-state index is 12.9. The summed E-state index contributed by atoms with van der Waals surface area (Å²) in [5.41, 5.74) is -0.275. The van der Waals surface area contributed by atoms with Gasteiger partial charge in [-0.1, -0.05) is 22.0 Å². The molecule has 1 aromatic rings. The number of hydrogen-bond acceptors (Lipinski definition) is 2. The van der Waals surface area contributed by atoms with E-state index >= 15 is 0 Å². The van der Waals surface area contributed by atoms with Crippen LogP contribution in [0.5, 0.6) is 0 Å². The molecule has 0 unspecified atom stereocenters. The monoisotopic (exact) mass is 350 g/mol. The average Bonchev–Trinajstić information content (AvgIpc) is 2.88. The molecular formula is C14H18BrF3N2. The number of halogens is 4. The normalized spacial score (nSPS) is 16.8. The molecule has 0 bridgehead atoms. The van der Waals surface area contributed by atoms with Gasteiger partial charge in [-0.05, 0) is 43.6 Å². The molecule has 0 spiro atoms. The maximum absolute atomic E-state index is 12.9. The van der Waals surface area contributed by atoms with Crippen LogP contribution in [0.4, 0.5) is 13.2 Å². The molecular weight excluding hydrogens is 333 g/mol. The fraction of sp³-hybridized carbons (Fsp3) is 0.571. The fourth-order valence-corrected chi connectivity index (χ4v) is 2.79. The summed E-state index contributed by atoms with van der Waals surface area (Å²) in [6.07, 6.45) is -1.86. The van der Waals surface area contributed by atoms with Gasteiger partial charge in [-0.25, -0.2) is 0 Å². The van der Waals surface area contributed by atoms with Gasteiger partial charge in [0.15, 0.2) is 0 Å². The van der Waals surface area contributed by atoms with Crippen molar-refractivity contribution < 1.29 is 13.2 Å². The second kappa shape index (κ2) is 6.91. The van der Waals surface area contributed by atoms with Gasteiger partial charge in [-0.15, -0.1) is 0 Å². The molecule has 1 heterocycles. The lowest BCUT2D eigenvalue weighted by molar-refractivity contribution is -0.138. The summed E-state index contributed by atoms with van der Waals surface area (Å²) in [6, 6.07) is 4.31. The minimum atomic E-state index is -4.31. The average molecular weight is 351 g/mol. The molecule has 2 nitrogen and oxygen atoms in total. The molecule has 1 saturated heterocycles. The minimum Gasteiger partial charge on any atom is -0.311 e. The highest BCUT2D eigenvalue weighted by atomic mass is 79.9. The van der Waals surface area contributed by atoms with E-state index in [-0.39, 0.29) is 6.54 Å². The summed E-state index contributed by atoms with van der Waals surface area (Å²) >= 11 is 3.09. The largest absolute Gasteiger partial charge is 0.416 e. The van der Waals surface area contributed by atoms with E-state index in [0.717, 1.165) is 25.7 Å². The number of alkyl halides is 3. The molecule has 112 valence electrons. The van der Waals surface area contributed by atoms with Crippen LogP contribution in [-0.4, -0.2) is 31.1 Å². The molecule has 2 rings (SSSR count). The highest BCUT2D eigenvalue weighted by molar-refractivity contribution is 9.10. The highest BCUT2D eigenvalue weighted by Crippen LogP contribution is 2.33. The zero-order valence-corrected chi connectivity index (χ0v) is 12.7. The van der Waals surface area contributed by atoms with Crippen molar-refractivity contribution in [1.82, 2.24) is 10.2 Å². The minimum absolute atomic E-state index is 0.246. The van der Waals surface area contributed by atoms with Crippen LogP contribution in [0.1, 0.15) is 24.0 Å². The zero-order chi connectivity index (χ0) is 14.6. The van der Waals surface area contributed by atoms with Gasteiger partial charge in [0.1, 0.15) is 0 Å². The molecule has 20 heavy (non-hydrogen) atoms. The van der Waals surface area contributed by atoms with Gasteiger partial charge in [-0.3, -0.25) is 0 Å². The van der Waals surface area contributed by atoms with E-state index in [1.165, 1.54) is 18.9 Å². The Morgan fingerprint density at radius 2 is 1.90 bits per heavy atom. The van der Waals surface area contributed by atoms with Crippen molar-refractivity contribution in [3.05, 3.63) is 33.8 Å². The molecule has 1 aromatic carbocycles. The Kier molecular flexibility index (Phi) is 5.46. The molecule has 6 heteroatoms. The molecule has 0 atom stereocenters. The quantitative estimate of drug-likeness (QED) is 0.815. The Labute approximate surface area is 125 Å². The predicted octanol–water partition coefficient (Wildman–Crippen LogP) is 3.65. The summed E-state index contributed by atoms with van der Waals surface area (Å²) in [5.74, 6) is 0. The summed E-state index contributed by atoms with van der Waals surface area (Å²) in [4.78, 5) is 2.33. The van der Waals surface area contributed by atoms with Gasteiger partial charge in [-0.2, -0.15) is 13.2 Å². The van der Waals surface area contributed by atoms with Crippen molar-refractivity contribution in [1.29, 1.82) is 0 Å². The molecule has 0 amide bonds. The third kappa shape index (κ3) is 4.46. The van der Waals surface area contributed by atoms with E-state index in [4.69, 9.17) is 0 Å². The lowest BCUT2D eigenvalue weighted by Gasteiger charge is -2.16. The number of nitrogens with zero attached hydrogens (tertiary/aromatic N) is 1. The van der Waals surface area contributed by atoms with E-state index in [1.54, 1.807) is 6.07 Å². The summed E-state index contributed by atoms with van der Waals surface area (Å²) in [5, 5.41) is 3.10. The smallest absolute Gasteiger partial charge is 0.311 e. The Balaban J connectivity index is 1.88. The summed E-state index contributed by atoms with van der Waals surface area (Å²) in [6.45, 7) is 4.07. The Morgan fingerprint density at radius 1 is 1.20 bits per heavy atom. The van der Waals surface area contributed by atoms with Crippen molar-refractivity contribution in [2.75, 3.05) is 26.2 Å². The van der Waals surface area contributed by atoms with Gasteiger partial charge in [0.05, 0.1) is 5.56 Å². The first-order valence-electron chi connectivity index (χ1n) is 6.75. The van der Waals surface area contributed by atoms with Gasteiger partial charge < -0.3 is 10.2 Å². The summed E-state index contributed by atoms with van der Waals surface area (Å²) in [7, 11) is 0. The maximum Gasteiger partial charge on any atom is 0.416 e. The molecule has 1 aliphatic heterocycles. The molecule has 0 aliphatic carbocycles. The molecule has 1 fully saturated rings. The SMILES string of the molecule is FC(F)(F)c1cc(Br)ccc1CNCCN1CCCC1. The second-order valence-corrected chi connectivity index (χ2v) is 5.94. The lowest BCUT2D eigenvalue weighted by Crippen LogP contribution is -2.30. The molecule has 0 radical (unpaired) electrons. The molecule has 1 N–H and O–H groups in total. The van der Waals surface area contributed by atoms with Crippen LogP contribution in [0.2, 0.25) is 0 Å². The number of hydrogen-bond donors (Lipinski definition) is 1. The predicted molar refractivity (Wildman–Crippen MR) is 76.5 cm³/mol. The van der Waals surface area contributed by atoms with Crippen LogP contribution in [0.25, 0.3) is 0 Å². The number of likely N-dealkylation sites (tertiary alicyclic amines) is 1. The van der Waals surface area contributed by atoms with Crippen molar-refractivity contribution in [3.63, 3.8) is 0 Å². The van der Waals surface area contributed by atoms with Crippen LogP contribution in [0, 0.1) is 0 Å². The first-order chi connectivity index (χ1) is 9.47. The standard InChI is InChI=1S/C14H18BrF3N2/c15-12-4-3-11(13(9-12)14(16,17)18)10-19-5-8-20-6-1-2-7-20/h3-4,9,19H,1-2,5-8,10H2. The van der Waals surface area contributed by atoms with Crippen molar-refractivity contribution in [2.45, 2.75) is 25.6 Å². The topological polar surface area (TPSA) is 15.3 Å². The second-order valence-electron chi connectivity index (χ2n) is 5.02.